The standard InChI is InChI=1S/C29H34N2O7/c1-5-36-29(35)22-7-6-10-30(14-22)27(33)15-31-23-13-21(8-9-25(23)38-17-28(31)34)24(32)16-37-26-12-18(2)11-19(3)20(26)4/h8-9,11-13,22H,5-7,10,14-17H2,1-4H3/t22-/m1/s1. The molecule has 1 saturated heterocycles. The number of aryl methyl sites for hydroxylation is 2. The Balaban J connectivity index is 1.47. The Kier molecular flexibility index (Phi) is 8.34. The maximum absolute atomic E-state index is 13.2. The van der Waals surface area contributed by atoms with Crippen molar-refractivity contribution in [3.8, 4) is 11.5 Å². The number of ketones is 1. The van der Waals surface area contributed by atoms with Crippen LogP contribution in [0.1, 0.15) is 46.8 Å². The Morgan fingerprint density at radius 3 is 2.66 bits per heavy atom. The quantitative estimate of drug-likeness (QED) is 0.387. The van der Waals surface area contributed by atoms with Gasteiger partial charge in [-0.3, -0.25) is 24.1 Å². The molecule has 0 N–H and O–H groups in total. The van der Waals surface area contributed by atoms with Crippen LogP contribution in [0, 0.1) is 26.7 Å². The van der Waals surface area contributed by atoms with Gasteiger partial charge >= 0.3 is 5.97 Å². The molecule has 2 aromatic rings. The van der Waals surface area contributed by atoms with E-state index in [1.807, 2.05) is 26.8 Å². The highest BCUT2D eigenvalue weighted by molar-refractivity contribution is 6.04. The molecule has 38 heavy (non-hydrogen) atoms. The largest absolute Gasteiger partial charge is 0.485 e. The van der Waals surface area contributed by atoms with Crippen molar-refractivity contribution in [2.24, 2.45) is 5.92 Å². The molecular formula is C29H34N2O7. The lowest BCUT2D eigenvalue weighted by Gasteiger charge is -2.34. The van der Waals surface area contributed by atoms with Gasteiger partial charge < -0.3 is 19.1 Å². The predicted octanol–water partition coefficient (Wildman–Crippen LogP) is 3.40. The average Bonchev–Trinajstić information content (AvgIpc) is 2.91. The van der Waals surface area contributed by atoms with Gasteiger partial charge in [-0.1, -0.05) is 6.07 Å². The van der Waals surface area contributed by atoms with E-state index in [4.69, 9.17) is 14.2 Å². The molecule has 2 aliphatic rings. The van der Waals surface area contributed by atoms with Crippen LogP contribution in [0.25, 0.3) is 0 Å². The number of hydrogen-bond donors (Lipinski definition) is 0. The number of likely N-dealkylation sites (tertiary alicyclic amines) is 1. The number of esters is 1. The first kappa shape index (κ1) is 27.2. The van der Waals surface area contributed by atoms with Crippen LogP contribution >= 0.6 is 0 Å². The molecular weight excluding hydrogens is 488 g/mol. The first-order valence-corrected chi connectivity index (χ1v) is 12.9. The monoisotopic (exact) mass is 522 g/mol. The molecule has 9 heteroatoms. The van der Waals surface area contributed by atoms with Gasteiger partial charge in [-0.2, -0.15) is 0 Å². The summed E-state index contributed by atoms with van der Waals surface area (Å²) in [4.78, 5) is 54.1. The zero-order chi connectivity index (χ0) is 27.4. The average molecular weight is 523 g/mol. The van der Waals surface area contributed by atoms with E-state index in [-0.39, 0.29) is 55.8 Å². The number of fused-ring (bicyclic) bond motifs is 1. The molecule has 202 valence electrons. The number of ether oxygens (including phenoxy) is 3. The zero-order valence-electron chi connectivity index (χ0n) is 22.4. The molecule has 0 spiro atoms. The fourth-order valence-corrected chi connectivity index (χ4v) is 4.82. The second-order valence-electron chi connectivity index (χ2n) is 9.80. The smallest absolute Gasteiger partial charge is 0.310 e. The number of nitrogens with zero attached hydrogens (tertiary/aromatic N) is 2. The minimum Gasteiger partial charge on any atom is -0.485 e. The number of benzene rings is 2. The van der Waals surface area contributed by atoms with Crippen LogP contribution in [-0.4, -0.2) is 67.9 Å². The van der Waals surface area contributed by atoms with Gasteiger partial charge in [-0.15, -0.1) is 0 Å². The fourth-order valence-electron chi connectivity index (χ4n) is 4.82. The lowest BCUT2D eigenvalue weighted by molar-refractivity contribution is -0.151. The third kappa shape index (κ3) is 5.98. The van der Waals surface area contributed by atoms with Crippen molar-refractivity contribution in [2.75, 3.05) is 44.4 Å². The summed E-state index contributed by atoms with van der Waals surface area (Å²) < 4.78 is 16.5. The van der Waals surface area contributed by atoms with Crippen molar-refractivity contribution in [2.45, 2.75) is 40.5 Å². The highest BCUT2D eigenvalue weighted by Crippen LogP contribution is 2.33. The Bertz CT molecular complexity index is 1260. The molecule has 1 fully saturated rings. The lowest BCUT2D eigenvalue weighted by atomic mass is 9.98. The minimum atomic E-state index is -0.378. The summed E-state index contributed by atoms with van der Waals surface area (Å²) in [6, 6.07) is 8.78. The molecule has 0 bridgehead atoms. The summed E-state index contributed by atoms with van der Waals surface area (Å²) in [5.41, 5.74) is 3.81. The van der Waals surface area contributed by atoms with Gasteiger partial charge in [0.15, 0.2) is 19.0 Å². The molecule has 9 nitrogen and oxygen atoms in total. The molecule has 1 atom stereocenters. The number of anilines is 1. The predicted molar refractivity (Wildman–Crippen MR) is 141 cm³/mol. The van der Waals surface area contributed by atoms with Gasteiger partial charge in [-0.25, -0.2) is 0 Å². The molecule has 0 radical (unpaired) electrons. The Morgan fingerprint density at radius 1 is 1.11 bits per heavy atom. The van der Waals surface area contributed by atoms with Gasteiger partial charge in [0.2, 0.25) is 5.91 Å². The molecule has 0 unspecified atom stereocenters. The maximum atomic E-state index is 13.2. The Hall–Kier alpha value is -3.88. The summed E-state index contributed by atoms with van der Waals surface area (Å²) in [7, 11) is 0. The number of carbonyl (C=O) groups excluding carboxylic acids is 4. The summed E-state index contributed by atoms with van der Waals surface area (Å²) in [5, 5.41) is 0. The van der Waals surface area contributed by atoms with Crippen molar-refractivity contribution in [1.29, 1.82) is 0 Å². The van der Waals surface area contributed by atoms with Crippen LogP contribution in [0.3, 0.4) is 0 Å². The van der Waals surface area contributed by atoms with E-state index in [0.29, 0.717) is 48.7 Å². The number of carbonyl (C=O) groups is 4. The molecule has 0 saturated carbocycles. The van der Waals surface area contributed by atoms with E-state index in [1.54, 1.807) is 30.0 Å². The van der Waals surface area contributed by atoms with Crippen LogP contribution in [-0.2, 0) is 19.1 Å². The second kappa shape index (κ2) is 11.7. The van der Waals surface area contributed by atoms with Gasteiger partial charge in [0.25, 0.3) is 5.91 Å². The molecule has 4 rings (SSSR count). The lowest BCUT2D eigenvalue weighted by Crippen LogP contribution is -2.49. The topological polar surface area (TPSA) is 102 Å². The van der Waals surface area contributed by atoms with Gasteiger partial charge in [0, 0.05) is 18.7 Å². The van der Waals surface area contributed by atoms with E-state index in [0.717, 1.165) is 16.7 Å². The highest BCUT2D eigenvalue weighted by Gasteiger charge is 2.33. The fraction of sp³-hybridized carbons (Fsp3) is 0.448. The highest BCUT2D eigenvalue weighted by atomic mass is 16.5. The summed E-state index contributed by atoms with van der Waals surface area (Å²) in [6.07, 6.45) is 1.35. The van der Waals surface area contributed by atoms with Gasteiger partial charge in [-0.05, 0) is 81.5 Å². The van der Waals surface area contributed by atoms with E-state index in [1.165, 1.54) is 4.90 Å². The third-order valence-electron chi connectivity index (χ3n) is 7.03. The summed E-state index contributed by atoms with van der Waals surface area (Å²) in [6.45, 7) is 8.15. The Morgan fingerprint density at radius 2 is 1.89 bits per heavy atom. The van der Waals surface area contributed by atoms with Crippen molar-refractivity contribution in [3.05, 3.63) is 52.6 Å². The molecule has 2 amide bonds. The molecule has 2 heterocycles. The molecule has 0 aromatic heterocycles. The third-order valence-corrected chi connectivity index (χ3v) is 7.03. The van der Waals surface area contributed by atoms with Crippen molar-refractivity contribution >= 4 is 29.3 Å². The first-order valence-electron chi connectivity index (χ1n) is 12.9. The van der Waals surface area contributed by atoms with Crippen molar-refractivity contribution in [1.82, 2.24) is 4.90 Å². The number of hydrogen-bond acceptors (Lipinski definition) is 7. The maximum Gasteiger partial charge on any atom is 0.310 e. The first-order chi connectivity index (χ1) is 18.2. The second-order valence-corrected chi connectivity index (χ2v) is 9.80. The van der Waals surface area contributed by atoms with Crippen LogP contribution in [0.5, 0.6) is 11.5 Å². The van der Waals surface area contributed by atoms with Crippen LogP contribution in [0.15, 0.2) is 30.3 Å². The normalized spacial score (nSPS) is 16.9. The number of rotatable bonds is 8. The van der Waals surface area contributed by atoms with Crippen LogP contribution < -0.4 is 14.4 Å². The zero-order valence-corrected chi connectivity index (χ0v) is 22.4. The Labute approximate surface area is 222 Å². The van der Waals surface area contributed by atoms with E-state index in [2.05, 4.69) is 6.07 Å². The van der Waals surface area contributed by atoms with E-state index >= 15 is 0 Å². The van der Waals surface area contributed by atoms with Crippen molar-refractivity contribution < 1.29 is 33.4 Å². The molecule has 2 aliphatic heterocycles. The van der Waals surface area contributed by atoms with Gasteiger partial charge in [0.05, 0.1) is 18.2 Å². The number of amides is 2. The van der Waals surface area contributed by atoms with Crippen LogP contribution in [0.4, 0.5) is 5.69 Å². The minimum absolute atomic E-state index is 0.167. The van der Waals surface area contributed by atoms with E-state index < -0.39 is 0 Å². The van der Waals surface area contributed by atoms with Crippen LogP contribution in [0.2, 0.25) is 0 Å². The van der Waals surface area contributed by atoms with Crippen molar-refractivity contribution in [3.63, 3.8) is 0 Å². The number of piperidine rings is 1. The molecule has 2 aromatic carbocycles. The SMILES string of the molecule is CCOC(=O)[C@@H]1CCCN(C(=O)CN2C(=O)COc3ccc(C(=O)COc4cc(C)cc(C)c4C)cc32)C1. The number of Topliss-reactive ketones (excluding diaryl/α,β-unsaturated/α-hetero) is 1. The molecule has 0 aliphatic carbocycles. The summed E-state index contributed by atoms with van der Waals surface area (Å²) >= 11 is 0. The van der Waals surface area contributed by atoms with E-state index in [9.17, 15) is 19.2 Å². The van der Waals surface area contributed by atoms with Gasteiger partial charge in [0.1, 0.15) is 18.0 Å². The summed E-state index contributed by atoms with van der Waals surface area (Å²) in [5.74, 6) is -0.513.